The molecule has 6 aliphatic heterocycles. The third-order valence-electron chi connectivity index (χ3n) is 30.4. The van der Waals surface area contributed by atoms with Crippen molar-refractivity contribution in [1.29, 1.82) is 0 Å². The number of carbonyl (C=O) groups is 1. The fourth-order valence-corrected chi connectivity index (χ4v) is 27.0. The first-order valence-corrected chi connectivity index (χ1v) is 37.8. The average molecular weight is 1230 g/mol. The number of aliphatic carboxylic acids is 1. The lowest BCUT2D eigenvalue weighted by Gasteiger charge is -2.74. The number of dihydropyridines is 1. The fourth-order valence-electron chi connectivity index (χ4n) is 27.0. The predicted octanol–water partition coefficient (Wildman–Crippen LogP) is 16.8. The van der Waals surface area contributed by atoms with Gasteiger partial charge in [0.05, 0.1) is 23.9 Å². The Balaban J connectivity index is 0.856. The van der Waals surface area contributed by atoms with Gasteiger partial charge >= 0.3 is 5.97 Å². The molecule has 3 aromatic carbocycles. The van der Waals surface area contributed by atoms with Crippen molar-refractivity contribution in [1.82, 2.24) is 10.6 Å². The molecule has 6 fully saturated rings. The maximum Gasteiger partial charge on any atom is 0.306 e. The van der Waals surface area contributed by atoms with Crippen LogP contribution in [0, 0.1) is 97.6 Å². The number of aliphatic hydroxyl groups excluding tert-OH is 2. The van der Waals surface area contributed by atoms with Crippen LogP contribution in [0.2, 0.25) is 0 Å². The number of aliphatic hydroxyl groups is 2. The highest BCUT2D eigenvalue weighted by Gasteiger charge is 2.77. The smallest absolute Gasteiger partial charge is 0.306 e. The first-order valence-electron chi connectivity index (χ1n) is 37.8. The van der Waals surface area contributed by atoms with Gasteiger partial charge in [-0.05, 0) is 274 Å². The number of hydrogen-bond donors (Lipinski definition) is 5. The number of aryl methyl sites for hydroxylation is 1. The van der Waals surface area contributed by atoms with E-state index in [1.54, 1.807) is 27.8 Å². The lowest BCUT2D eigenvalue weighted by molar-refractivity contribution is -0.167. The second-order valence-electron chi connectivity index (χ2n) is 34.9. The summed E-state index contributed by atoms with van der Waals surface area (Å²) in [6.07, 6.45) is 41.0. The van der Waals surface area contributed by atoms with Crippen molar-refractivity contribution in [3.05, 3.63) is 170 Å². The van der Waals surface area contributed by atoms with Gasteiger partial charge < -0.3 is 26.0 Å². The average Bonchev–Trinajstić information content (AvgIpc) is 0.997. The van der Waals surface area contributed by atoms with Crippen molar-refractivity contribution in [2.45, 2.75) is 219 Å². The zero-order valence-corrected chi connectivity index (χ0v) is 56.4. The van der Waals surface area contributed by atoms with E-state index in [-0.39, 0.29) is 44.8 Å². The van der Waals surface area contributed by atoms with Crippen LogP contribution in [-0.2, 0) is 17.6 Å². The van der Waals surface area contributed by atoms with Crippen LogP contribution in [0.1, 0.15) is 216 Å². The molecule has 0 unspecified atom stereocenters. The largest absolute Gasteiger partial charge is 0.481 e. The van der Waals surface area contributed by atoms with Gasteiger partial charge in [0.2, 0.25) is 0 Å². The molecular weight excluding hydrogens is 1120 g/mol. The molecule has 0 radical (unpaired) electrons. The molecule has 21 rings (SSSR count). The van der Waals surface area contributed by atoms with E-state index in [9.17, 15) is 20.1 Å². The molecule has 0 aromatic heterocycles. The highest BCUT2D eigenvalue weighted by molar-refractivity contribution is 5.78. The third-order valence-corrected chi connectivity index (χ3v) is 30.4. The minimum absolute atomic E-state index is 0.115. The Morgan fingerprint density at radius 2 is 1.58 bits per heavy atom. The molecule has 6 heteroatoms. The summed E-state index contributed by atoms with van der Waals surface area (Å²) in [5.41, 5.74) is 15.0. The number of allylic oxidation sites excluding steroid dienone is 9. The van der Waals surface area contributed by atoms with Gasteiger partial charge in [0.15, 0.2) is 0 Å². The summed E-state index contributed by atoms with van der Waals surface area (Å²) >= 11 is 0. The summed E-state index contributed by atoms with van der Waals surface area (Å²) in [6.45, 7) is 16.6. The van der Waals surface area contributed by atoms with E-state index in [1.165, 1.54) is 134 Å². The minimum atomic E-state index is -0.721. The van der Waals surface area contributed by atoms with Crippen molar-refractivity contribution in [2.24, 2.45) is 97.6 Å². The van der Waals surface area contributed by atoms with Gasteiger partial charge in [-0.3, -0.25) is 4.79 Å². The Labute approximate surface area is 550 Å². The zero-order valence-electron chi connectivity index (χ0n) is 56.4. The minimum Gasteiger partial charge on any atom is -0.481 e. The Kier molecular flexibility index (Phi) is 14.8. The van der Waals surface area contributed by atoms with Crippen LogP contribution in [-0.4, -0.2) is 46.6 Å². The summed E-state index contributed by atoms with van der Waals surface area (Å²) in [4.78, 5) is 14.8. The van der Waals surface area contributed by atoms with Gasteiger partial charge in [0.1, 0.15) is 0 Å². The Bertz CT molecular complexity index is 3790. The van der Waals surface area contributed by atoms with Gasteiger partial charge in [-0.1, -0.05) is 173 Å². The molecule has 18 aliphatic rings. The molecule has 18 atom stereocenters. The summed E-state index contributed by atoms with van der Waals surface area (Å²) < 4.78 is 0. The second kappa shape index (κ2) is 22.5. The molecule has 6 saturated carbocycles. The van der Waals surface area contributed by atoms with Crippen LogP contribution >= 0.6 is 0 Å². The maximum atomic E-state index is 14.8. The lowest BCUT2D eigenvalue weighted by atomic mass is 9.29. The van der Waals surface area contributed by atoms with E-state index >= 15 is 0 Å². The van der Waals surface area contributed by atoms with E-state index in [0.717, 1.165) is 101 Å². The van der Waals surface area contributed by atoms with Crippen LogP contribution in [0.3, 0.4) is 0 Å². The van der Waals surface area contributed by atoms with Crippen LogP contribution < -0.4 is 21.1 Å². The van der Waals surface area contributed by atoms with E-state index in [2.05, 4.69) is 142 Å². The fraction of sp³-hybridized carbons (Fsp3) is 0.616. The monoisotopic (exact) mass is 1230 g/mol. The highest BCUT2D eigenvalue weighted by atomic mass is 16.4. The number of nitrogens with one attached hydrogen (secondary N) is 2. The van der Waals surface area contributed by atoms with Gasteiger partial charge in [-0.15, -0.1) is 0 Å². The van der Waals surface area contributed by atoms with Crippen LogP contribution in [0.25, 0.3) is 17.2 Å². The number of fused-ring (bicyclic) bond motifs is 5. The number of benzene rings is 3. The van der Waals surface area contributed by atoms with E-state index in [0.29, 0.717) is 48.9 Å². The lowest BCUT2D eigenvalue weighted by Crippen LogP contribution is -2.69. The Morgan fingerprint density at radius 3 is 2.40 bits per heavy atom. The van der Waals surface area contributed by atoms with E-state index in [4.69, 9.17) is 6.58 Å². The molecular formula is C86H108N2O4. The highest BCUT2D eigenvalue weighted by Crippen LogP contribution is 2.84. The van der Waals surface area contributed by atoms with Crippen molar-refractivity contribution >= 4 is 23.2 Å². The normalized spacial score (nSPS) is 41.9. The summed E-state index contributed by atoms with van der Waals surface area (Å²) in [7, 11) is 0. The molecule has 3 aromatic rings. The number of carboxylic acids is 1. The zero-order chi connectivity index (χ0) is 62.7. The molecule has 6 heterocycles. The SMILES string of the molecule is C=C1CC[C@@H](C(=O)O)[C@H]2[C@H](O)C[C@@]3([C@H]4CC[C@]5(C[C@H]6C[C@@H]7CCc8ccccc8[C@H]7C[C@H]6C5)C4)C4=C(CC[C@]23C)[C@]23CC[C@H](O)[C@@]5(C)CC=C(CC(C)C)[C@@](C=C6C(=c7ccccc7=C[C@@H]62)Cc2cccc(c2)C2=CC=C(NCCC[C@H]1C1CCCCC1)NC2)(C4)[C@@H]53. The van der Waals surface area contributed by atoms with Crippen LogP contribution in [0.15, 0.2) is 137 Å². The number of hydrogen-bond acceptors (Lipinski definition) is 5. The molecule has 0 saturated heterocycles. The van der Waals surface area contributed by atoms with Gasteiger partial charge in [-0.2, -0.15) is 0 Å². The standard InChI is InChI=1S/C86H108N2O4/c1-52(2)39-63-30-34-81(4)76(90)33-37-85-72-32-35-82(5)78-68(79(91)92)28-24-53(3)65(55-16-7-6-8-17-55)23-14-38-87-77-29-27-60(51-88-77)57-20-13-15-54(40-57)41-70-67-22-12-10-19-58(67)44-73(85)71(70)48-84(63,80(81)85)49-74(72)86(82,50-75(78)89)64-31-36-83(47-64)45-61-42-59-26-25-56-18-9-11-21-66(56)69(59)43-62(61)46-83/h9-13,15,18-22,27,29-30,40,44,48,52,55,59,61-62,64-65,68-69,73,75-76,78,80,87-90H,3,6-8,14,16-17,23-26,28,31-39,41-43,45-47,49-51H2,1-2,4-5H3,(H,91,92)/t59-,61+,62-,64-,65+,68+,69-,73-,75+,76-,78-,80+,81+,82+,83+,84+,85+,86+/m0/s1. The van der Waals surface area contributed by atoms with Crippen molar-refractivity contribution in [2.75, 3.05) is 13.1 Å². The number of carboxylic acid groups (broad SMARTS) is 1. The van der Waals surface area contributed by atoms with Gasteiger partial charge in [0.25, 0.3) is 0 Å². The molecule has 3 spiro atoms. The molecule has 12 aliphatic carbocycles. The molecule has 14 bridgehead atoms. The first kappa shape index (κ1) is 60.5. The van der Waals surface area contributed by atoms with Crippen molar-refractivity contribution < 1.29 is 20.1 Å². The van der Waals surface area contributed by atoms with Gasteiger partial charge in [0, 0.05) is 46.6 Å². The Hall–Kier alpha value is -5.17. The van der Waals surface area contributed by atoms with Gasteiger partial charge in [-0.25, -0.2) is 0 Å². The van der Waals surface area contributed by atoms with Crippen LogP contribution in [0.5, 0.6) is 0 Å². The topological polar surface area (TPSA) is 102 Å². The Morgan fingerprint density at radius 1 is 0.750 bits per heavy atom. The predicted molar refractivity (Wildman–Crippen MR) is 372 cm³/mol. The first-order chi connectivity index (χ1) is 44.5. The van der Waals surface area contributed by atoms with E-state index < -0.39 is 29.5 Å². The van der Waals surface area contributed by atoms with Crippen molar-refractivity contribution in [3.63, 3.8) is 0 Å². The molecule has 486 valence electrons. The molecule has 0 amide bonds. The quantitative estimate of drug-likeness (QED) is 0.163. The molecule has 5 N–H and O–H groups in total. The van der Waals surface area contributed by atoms with Crippen molar-refractivity contribution in [3.8, 4) is 0 Å². The van der Waals surface area contributed by atoms with E-state index in [1.807, 2.05) is 0 Å². The third kappa shape index (κ3) is 9.04. The van der Waals surface area contributed by atoms with Crippen LogP contribution in [0.4, 0.5) is 0 Å². The summed E-state index contributed by atoms with van der Waals surface area (Å²) in [5, 5.41) is 49.4. The maximum absolute atomic E-state index is 14.8. The number of rotatable bonds is 5. The molecule has 6 nitrogen and oxygen atoms in total. The summed E-state index contributed by atoms with van der Waals surface area (Å²) in [5.74, 6) is 4.44. The summed E-state index contributed by atoms with van der Waals surface area (Å²) in [6, 6.07) is 28.4. The second-order valence-corrected chi connectivity index (χ2v) is 34.9. The molecule has 92 heavy (non-hydrogen) atoms.